The summed E-state index contributed by atoms with van der Waals surface area (Å²) in [5, 5.41) is 0. The number of pyridine rings is 1. The van der Waals surface area contributed by atoms with Gasteiger partial charge in [-0.15, -0.1) is 0 Å². The number of fused-ring (bicyclic) bond motifs is 1. The quantitative estimate of drug-likeness (QED) is 0.811. The van der Waals surface area contributed by atoms with Gasteiger partial charge in [-0.25, -0.2) is 4.98 Å². The molecule has 0 unspecified atom stereocenters. The lowest BCUT2D eigenvalue weighted by Crippen LogP contribution is -1.90. The van der Waals surface area contributed by atoms with Crippen LogP contribution in [0.15, 0.2) is 27.4 Å². The molecule has 0 saturated carbocycles. The molecule has 0 N–H and O–H groups in total. The van der Waals surface area contributed by atoms with E-state index in [1.165, 1.54) is 0 Å². The highest BCUT2D eigenvalue weighted by atomic mass is 79.9. The normalized spacial score (nSPS) is 10.6. The van der Waals surface area contributed by atoms with Crippen molar-refractivity contribution in [3.8, 4) is 5.75 Å². The lowest BCUT2D eigenvalue weighted by Gasteiger charge is -1.97. The average Bonchev–Trinajstić information content (AvgIpc) is 2.44. The number of aromatic nitrogens is 1. The second-order valence-corrected chi connectivity index (χ2v) is 3.21. The third-order valence-corrected chi connectivity index (χ3v) is 2.17. The van der Waals surface area contributed by atoms with Crippen LogP contribution in [0.3, 0.4) is 0 Å². The van der Waals surface area contributed by atoms with Crippen LogP contribution in [0.4, 0.5) is 0 Å². The fourth-order valence-electron chi connectivity index (χ4n) is 1.15. The summed E-state index contributed by atoms with van der Waals surface area (Å²) in [4.78, 5) is 4.17. The van der Waals surface area contributed by atoms with Crippen LogP contribution in [0.1, 0.15) is 6.92 Å². The van der Waals surface area contributed by atoms with Crippen molar-refractivity contribution >= 4 is 27.0 Å². The zero-order chi connectivity index (χ0) is 9.26. The third kappa shape index (κ3) is 1.42. The SMILES string of the molecule is CCOc1c(Br)oc2cccnc12. The van der Waals surface area contributed by atoms with Gasteiger partial charge in [0.05, 0.1) is 6.61 Å². The highest BCUT2D eigenvalue weighted by molar-refractivity contribution is 9.10. The van der Waals surface area contributed by atoms with E-state index in [0.29, 0.717) is 17.0 Å². The van der Waals surface area contributed by atoms with E-state index in [4.69, 9.17) is 9.15 Å². The van der Waals surface area contributed by atoms with E-state index in [1.807, 2.05) is 19.1 Å². The van der Waals surface area contributed by atoms with Crippen molar-refractivity contribution in [1.29, 1.82) is 0 Å². The zero-order valence-corrected chi connectivity index (χ0v) is 8.67. The predicted octanol–water partition coefficient (Wildman–Crippen LogP) is 2.99. The molecule has 0 amide bonds. The van der Waals surface area contributed by atoms with Crippen molar-refractivity contribution in [1.82, 2.24) is 4.98 Å². The number of furan rings is 1. The third-order valence-electron chi connectivity index (χ3n) is 1.65. The molecule has 0 spiro atoms. The maximum absolute atomic E-state index is 5.39. The van der Waals surface area contributed by atoms with Gasteiger partial charge < -0.3 is 9.15 Å². The summed E-state index contributed by atoms with van der Waals surface area (Å²) in [7, 11) is 0. The van der Waals surface area contributed by atoms with Crippen molar-refractivity contribution in [3.05, 3.63) is 23.0 Å². The van der Waals surface area contributed by atoms with Crippen LogP contribution in [-0.4, -0.2) is 11.6 Å². The summed E-state index contributed by atoms with van der Waals surface area (Å²) in [5.41, 5.74) is 1.49. The van der Waals surface area contributed by atoms with Crippen LogP contribution in [0.25, 0.3) is 11.1 Å². The molecular formula is C9H8BrNO2. The molecule has 0 aliphatic heterocycles. The fourth-order valence-corrected chi connectivity index (χ4v) is 1.63. The zero-order valence-electron chi connectivity index (χ0n) is 7.08. The monoisotopic (exact) mass is 241 g/mol. The maximum atomic E-state index is 5.39. The van der Waals surface area contributed by atoms with Crippen molar-refractivity contribution in [3.63, 3.8) is 0 Å². The van der Waals surface area contributed by atoms with E-state index in [9.17, 15) is 0 Å². The van der Waals surface area contributed by atoms with Gasteiger partial charge in [0.15, 0.2) is 16.8 Å². The minimum absolute atomic E-state index is 0.600. The molecule has 0 saturated heterocycles. The number of nitrogens with zero attached hydrogens (tertiary/aromatic N) is 1. The Hall–Kier alpha value is -1.03. The topological polar surface area (TPSA) is 35.3 Å². The van der Waals surface area contributed by atoms with Crippen molar-refractivity contribution in [2.24, 2.45) is 0 Å². The molecule has 68 valence electrons. The molecule has 2 rings (SSSR count). The number of hydrogen-bond acceptors (Lipinski definition) is 3. The molecule has 0 bridgehead atoms. The second kappa shape index (κ2) is 3.38. The molecule has 0 fully saturated rings. The summed E-state index contributed by atoms with van der Waals surface area (Å²) in [6.45, 7) is 2.53. The first-order valence-electron chi connectivity index (χ1n) is 3.98. The van der Waals surface area contributed by atoms with Gasteiger partial charge in [0.25, 0.3) is 0 Å². The van der Waals surface area contributed by atoms with Gasteiger partial charge in [0.1, 0.15) is 0 Å². The maximum Gasteiger partial charge on any atom is 0.214 e. The van der Waals surface area contributed by atoms with Gasteiger partial charge in [-0.3, -0.25) is 0 Å². The Morgan fingerprint density at radius 1 is 1.62 bits per heavy atom. The Kier molecular flexibility index (Phi) is 2.22. The standard InChI is InChI=1S/C9H8BrNO2/c1-2-12-8-7-6(13-9(8)10)4-3-5-11-7/h3-5H,2H2,1H3. The van der Waals surface area contributed by atoms with Crippen LogP contribution >= 0.6 is 15.9 Å². The van der Waals surface area contributed by atoms with Gasteiger partial charge in [0.2, 0.25) is 4.67 Å². The van der Waals surface area contributed by atoms with Crippen LogP contribution in [-0.2, 0) is 0 Å². The molecule has 3 nitrogen and oxygen atoms in total. The van der Waals surface area contributed by atoms with E-state index in [-0.39, 0.29) is 0 Å². The van der Waals surface area contributed by atoms with E-state index >= 15 is 0 Å². The molecule has 0 aromatic carbocycles. The van der Waals surface area contributed by atoms with Gasteiger partial charge in [-0.05, 0) is 35.0 Å². The van der Waals surface area contributed by atoms with Crippen molar-refractivity contribution in [2.45, 2.75) is 6.92 Å². The highest BCUT2D eigenvalue weighted by Gasteiger charge is 2.13. The van der Waals surface area contributed by atoms with Crippen molar-refractivity contribution in [2.75, 3.05) is 6.61 Å². The number of ether oxygens (including phenoxy) is 1. The Morgan fingerprint density at radius 2 is 2.46 bits per heavy atom. The lowest BCUT2D eigenvalue weighted by atomic mass is 10.4. The Balaban J connectivity index is 2.64. The fraction of sp³-hybridized carbons (Fsp3) is 0.222. The summed E-state index contributed by atoms with van der Waals surface area (Å²) in [5.74, 6) is 0.679. The van der Waals surface area contributed by atoms with Gasteiger partial charge in [-0.1, -0.05) is 0 Å². The summed E-state index contributed by atoms with van der Waals surface area (Å²) in [6.07, 6.45) is 1.72. The molecule has 2 aromatic heterocycles. The molecular weight excluding hydrogens is 234 g/mol. The van der Waals surface area contributed by atoms with Gasteiger partial charge in [0, 0.05) is 6.20 Å². The molecule has 4 heteroatoms. The minimum atomic E-state index is 0.600. The Morgan fingerprint density at radius 3 is 3.23 bits per heavy atom. The molecule has 0 atom stereocenters. The molecule has 0 radical (unpaired) electrons. The average molecular weight is 242 g/mol. The van der Waals surface area contributed by atoms with Crippen LogP contribution in [0.2, 0.25) is 0 Å². The van der Waals surface area contributed by atoms with Crippen LogP contribution in [0, 0.1) is 0 Å². The summed E-state index contributed by atoms with van der Waals surface area (Å²) in [6, 6.07) is 3.68. The molecule has 2 heterocycles. The summed E-state index contributed by atoms with van der Waals surface area (Å²) < 4.78 is 11.4. The van der Waals surface area contributed by atoms with Gasteiger partial charge in [-0.2, -0.15) is 0 Å². The van der Waals surface area contributed by atoms with E-state index < -0.39 is 0 Å². The van der Waals surface area contributed by atoms with Crippen LogP contribution < -0.4 is 4.74 Å². The Labute approximate surface area is 83.8 Å². The molecule has 0 aliphatic carbocycles. The van der Waals surface area contributed by atoms with Crippen LogP contribution in [0.5, 0.6) is 5.75 Å². The first-order chi connectivity index (χ1) is 6.33. The predicted molar refractivity (Wildman–Crippen MR) is 52.9 cm³/mol. The number of halogens is 1. The van der Waals surface area contributed by atoms with Gasteiger partial charge >= 0.3 is 0 Å². The summed E-state index contributed by atoms with van der Waals surface area (Å²) >= 11 is 3.28. The molecule has 0 aliphatic rings. The Bertz CT molecular complexity index is 424. The molecule has 2 aromatic rings. The van der Waals surface area contributed by atoms with E-state index in [2.05, 4.69) is 20.9 Å². The lowest BCUT2D eigenvalue weighted by molar-refractivity contribution is 0.334. The second-order valence-electron chi connectivity index (χ2n) is 2.49. The first-order valence-corrected chi connectivity index (χ1v) is 4.78. The largest absolute Gasteiger partial charge is 0.487 e. The van der Waals surface area contributed by atoms with Crippen molar-refractivity contribution < 1.29 is 9.15 Å². The highest BCUT2D eigenvalue weighted by Crippen LogP contribution is 2.35. The molecule has 13 heavy (non-hydrogen) atoms. The van der Waals surface area contributed by atoms with E-state index in [1.54, 1.807) is 6.20 Å². The smallest absolute Gasteiger partial charge is 0.214 e. The number of rotatable bonds is 2. The first kappa shape index (κ1) is 8.56. The number of hydrogen-bond donors (Lipinski definition) is 0. The van der Waals surface area contributed by atoms with E-state index in [0.717, 1.165) is 11.1 Å². The minimum Gasteiger partial charge on any atom is -0.487 e.